The SMILES string of the molecule is COc1ccc(NC2CCS(=O)CC2)cc1C. The molecule has 0 spiro atoms. The zero-order valence-electron chi connectivity index (χ0n) is 10.4. The smallest absolute Gasteiger partial charge is 0.121 e. The van der Waals surface area contributed by atoms with Crippen molar-refractivity contribution in [3.63, 3.8) is 0 Å². The van der Waals surface area contributed by atoms with Crippen LogP contribution in [-0.4, -0.2) is 28.9 Å². The summed E-state index contributed by atoms with van der Waals surface area (Å²) in [6, 6.07) is 6.58. The molecule has 0 bridgehead atoms. The van der Waals surface area contributed by atoms with E-state index >= 15 is 0 Å². The van der Waals surface area contributed by atoms with Gasteiger partial charge in [0, 0.05) is 34.0 Å². The van der Waals surface area contributed by atoms with Crippen molar-refractivity contribution in [3.05, 3.63) is 23.8 Å². The fraction of sp³-hybridized carbons (Fsp3) is 0.538. The number of benzene rings is 1. The monoisotopic (exact) mass is 253 g/mol. The van der Waals surface area contributed by atoms with Gasteiger partial charge in [-0.1, -0.05) is 0 Å². The first-order chi connectivity index (χ1) is 8.19. The second kappa shape index (κ2) is 5.54. The van der Waals surface area contributed by atoms with Gasteiger partial charge in [-0.15, -0.1) is 0 Å². The molecule has 0 aromatic heterocycles. The van der Waals surface area contributed by atoms with Gasteiger partial charge in [0.2, 0.25) is 0 Å². The number of nitrogens with one attached hydrogen (secondary N) is 1. The molecule has 0 unspecified atom stereocenters. The number of methoxy groups -OCH3 is 1. The van der Waals surface area contributed by atoms with E-state index in [1.54, 1.807) is 7.11 Å². The van der Waals surface area contributed by atoms with Crippen LogP contribution in [-0.2, 0) is 10.8 Å². The highest BCUT2D eigenvalue weighted by molar-refractivity contribution is 7.85. The van der Waals surface area contributed by atoms with Crippen molar-refractivity contribution in [1.29, 1.82) is 0 Å². The molecule has 3 nitrogen and oxygen atoms in total. The van der Waals surface area contributed by atoms with E-state index in [-0.39, 0.29) is 0 Å². The Balaban J connectivity index is 1.99. The van der Waals surface area contributed by atoms with Crippen LogP contribution in [0.15, 0.2) is 18.2 Å². The summed E-state index contributed by atoms with van der Waals surface area (Å²) < 4.78 is 16.5. The van der Waals surface area contributed by atoms with Crippen LogP contribution in [0.2, 0.25) is 0 Å². The maximum Gasteiger partial charge on any atom is 0.121 e. The van der Waals surface area contributed by atoms with Crippen molar-refractivity contribution in [2.45, 2.75) is 25.8 Å². The Morgan fingerprint density at radius 3 is 2.65 bits per heavy atom. The molecule has 1 aromatic rings. The molecule has 0 amide bonds. The average molecular weight is 253 g/mol. The van der Waals surface area contributed by atoms with E-state index < -0.39 is 10.8 Å². The molecule has 94 valence electrons. The van der Waals surface area contributed by atoms with Crippen LogP contribution in [0.4, 0.5) is 5.69 Å². The molecule has 1 fully saturated rings. The van der Waals surface area contributed by atoms with E-state index in [2.05, 4.69) is 11.4 Å². The predicted octanol–water partition coefficient (Wildman–Crippen LogP) is 2.33. The highest BCUT2D eigenvalue weighted by Crippen LogP contribution is 2.23. The van der Waals surface area contributed by atoms with Gasteiger partial charge in [-0.2, -0.15) is 0 Å². The molecular formula is C13H19NO2S. The number of rotatable bonds is 3. The fourth-order valence-corrected chi connectivity index (χ4v) is 3.44. The number of aryl methyl sites for hydroxylation is 1. The molecule has 0 radical (unpaired) electrons. The molecule has 1 saturated heterocycles. The van der Waals surface area contributed by atoms with Gasteiger partial charge in [-0.25, -0.2) is 0 Å². The summed E-state index contributed by atoms with van der Waals surface area (Å²) in [5, 5.41) is 3.50. The van der Waals surface area contributed by atoms with Crippen molar-refractivity contribution in [3.8, 4) is 5.75 Å². The van der Waals surface area contributed by atoms with Gasteiger partial charge in [0.25, 0.3) is 0 Å². The highest BCUT2D eigenvalue weighted by atomic mass is 32.2. The Morgan fingerprint density at radius 2 is 2.06 bits per heavy atom. The van der Waals surface area contributed by atoms with Crippen LogP contribution in [0.3, 0.4) is 0 Å². The van der Waals surface area contributed by atoms with E-state index in [0.717, 1.165) is 41.3 Å². The second-order valence-corrected chi connectivity index (χ2v) is 6.15. The van der Waals surface area contributed by atoms with Crippen molar-refractivity contribution >= 4 is 16.5 Å². The standard InChI is InChI=1S/C13H19NO2S/c1-10-9-12(3-4-13(10)16-2)14-11-5-7-17(15)8-6-11/h3-4,9,11,14H,5-8H2,1-2H3. The lowest BCUT2D eigenvalue weighted by Crippen LogP contribution is -2.29. The second-order valence-electron chi connectivity index (χ2n) is 4.45. The van der Waals surface area contributed by atoms with Crippen molar-refractivity contribution in [1.82, 2.24) is 0 Å². The zero-order chi connectivity index (χ0) is 12.3. The topological polar surface area (TPSA) is 38.3 Å². The highest BCUT2D eigenvalue weighted by Gasteiger charge is 2.17. The minimum Gasteiger partial charge on any atom is -0.496 e. The minimum atomic E-state index is -0.588. The Kier molecular flexibility index (Phi) is 4.05. The number of hydrogen-bond acceptors (Lipinski definition) is 3. The average Bonchev–Trinajstić information content (AvgIpc) is 2.32. The molecule has 0 saturated carbocycles. The lowest BCUT2D eigenvalue weighted by molar-refractivity contribution is 0.412. The van der Waals surface area contributed by atoms with E-state index in [1.165, 1.54) is 0 Å². The molecule has 1 N–H and O–H groups in total. The van der Waals surface area contributed by atoms with Gasteiger partial charge in [0.1, 0.15) is 5.75 Å². The van der Waals surface area contributed by atoms with Crippen LogP contribution in [0.1, 0.15) is 18.4 Å². The van der Waals surface area contributed by atoms with E-state index in [9.17, 15) is 4.21 Å². The van der Waals surface area contributed by atoms with E-state index in [0.29, 0.717) is 6.04 Å². The largest absolute Gasteiger partial charge is 0.496 e. The maximum absolute atomic E-state index is 11.3. The van der Waals surface area contributed by atoms with Gasteiger partial charge >= 0.3 is 0 Å². The number of ether oxygens (including phenoxy) is 1. The maximum atomic E-state index is 11.3. The van der Waals surface area contributed by atoms with Crippen LogP contribution >= 0.6 is 0 Å². The lowest BCUT2D eigenvalue weighted by atomic mass is 10.1. The molecule has 17 heavy (non-hydrogen) atoms. The van der Waals surface area contributed by atoms with Crippen LogP contribution in [0, 0.1) is 6.92 Å². The van der Waals surface area contributed by atoms with Crippen LogP contribution in [0.5, 0.6) is 5.75 Å². The van der Waals surface area contributed by atoms with Gasteiger partial charge < -0.3 is 10.1 Å². The van der Waals surface area contributed by atoms with E-state index in [1.807, 2.05) is 19.1 Å². The first kappa shape index (κ1) is 12.4. The van der Waals surface area contributed by atoms with Gasteiger partial charge in [-0.05, 0) is 43.5 Å². The van der Waals surface area contributed by atoms with Crippen LogP contribution in [0.25, 0.3) is 0 Å². The molecule has 1 aliphatic heterocycles. The van der Waals surface area contributed by atoms with Crippen LogP contribution < -0.4 is 10.1 Å². The van der Waals surface area contributed by atoms with Crippen molar-refractivity contribution < 1.29 is 8.95 Å². The van der Waals surface area contributed by atoms with Crippen molar-refractivity contribution in [2.24, 2.45) is 0 Å². The summed E-state index contributed by atoms with van der Waals surface area (Å²) in [7, 11) is 1.10. The molecule has 1 aliphatic rings. The first-order valence-electron chi connectivity index (χ1n) is 5.95. The summed E-state index contributed by atoms with van der Waals surface area (Å²) in [4.78, 5) is 0. The third-order valence-corrected chi connectivity index (χ3v) is 4.54. The molecule has 1 aromatic carbocycles. The third-order valence-electron chi connectivity index (χ3n) is 3.15. The lowest BCUT2D eigenvalue weighted by Gasteiger charge is -2.24. The Labute approximate surface area is 105 Å². The Morgan fingerprint density at radius 1 is 1.35 bits per heavy atom. The summed E-state index contributed by atoms with van der Waals surface area (Å²) in [5.41, 5.74) is 2.26. The van der Waals surface area contributed by atoms with Gasteiger partial charge in [0.15, 0.2) is 0 Å². The third kappa shape index (κ3) is 3.22. The Bertz CT molecular complexity index is 410. The molecule has 0 atom stereocenters. The summed E-state index contributed by atoms with van der Waals surface area (Å²) >= 11 is 0. The van der Waals surface area contributed by atoms with Crippen molar-refractivity contribution in [2.75, 3.05) is 23.9 Å². The molecule has 0 aliphatic carbocycles. The molecular weight excluding hydrogens is 234 g/mol. The quantitative estimate of drug-likeness (QED) is 0.898. The number of hydrogen-bond donors (Lipinski definition) is 1. The van der Waals surface area contributed by atoms with Gasteiger partial charge in [-0.3, -0.25) is 4.21 Å². The molecule has 2 rings (SSSR count). The summed E-state index contributed by atoms with van der Waals surface area (Å²) in [5.74, 6) is 2.57. The summed E-state index contributed by atoms with van der Waals surface area (Å²) in [6.07, 6.45) is 2.00. The number of anilines is 1. The van der Waals surface area contributed by atoms with Gasteiger partial charge in [0.05, 0.1) is 7.11 Å². The summed E-state index contributed by atoms with van der Waals surface area (Å²) in [6.45, 7) is 2.04. The zero-order valence-corrected chi connectivity index (χ0v) is 11.2. The van der Waals surface area contributed by atoms with E-state index in [4.69, 9.17) is 4.74 Å². The molecule has 1 heterocycles. The fourth-order valence-electron chi connectivity index (χ4n) is 2.14. The predicted molar refractivity (Wildman–Crippen MR) is 72.3 cm³/mol. The minimum absolute atomic E-state index is 0.459. The molecule has 4 heteroatoms. The Hall–Kier alpha value is -1.03. The first-order valence-corrected chi connectivity index (χ1v) is 7.44. The normalized spacial score (nSPS) is 24.4.